The molecule has 2 heterocycles. The van der Waals surface area contributed by atoms with Gasteiger partial charge in [0.25, 0.3) is 0 Å². The fourth-order valence-corrected chi connectivity index (χ4v) is 4.72. The number of allylic oxidation sites excluding steroid dienone is 2. The maximum absolute atomic E-state index is 12.8. The van der Waals surface area contributed by atoms with Gasteiger partial charge in [-0.25, -0.2) is 14.8 Å². The van der Waals surface area contributed by atoms with Crippen molar-refractivity contribution in [2.45, 2.75) is 76.5 Å². The Morgan fingerprint density at radius 2 is 2.10 bits per heavy atom. The Hall–Kier alpha value is -1.92. The Morgan fingerprint density at radius 3 is 2.83 bits per heavy atom. The lowest BCUT2D eigenvalue weighted by Crippen LogP contribution is -2.60. The van der Waals surface area contributed by atoms with Gasteiger partial charge in [-0.3, -0.25) is 0 Å². The Labute approximate surface area is 183 Å². The van der Waals surface area contributed by atoms with Crippen molar-refractivity contribution in [2.24, 2.45) is 0 Å². The van der Waals surface area contributed by atoms with Crippen LogP contribution in [0.4, 0.5) is 4.79 Å². The largest absolute Gasteiger partial charge is 0.369 e. The van der Waals surface area contributed by atoms with E-state index in [1.807, 2.05) is 31.7 Å². The fourth-order valence-electron chi connectivity index (χ4n) is 4.57. The minimum atomic E-state index is -0.175. The molecule has 1 saturated heterocycles. The molecule has 4 rings (SSSR count). The van der Waals surface area contributed by atoms with E-state index in [1.54, 1.807) is 6.20 Å². The summed E-state index contributed by atoms with van der Waals surface area (Å²) in [5.74, 6) is 0.212. The first kappa shape index (κ1) is 21.3. The van der Waals surface area contributed by atoms with Gasteiger partial charge >= 0.3 is 6.03 Å². The number of carbonyl (C=O) groups excluding carboxylic acids is 1. The molecule has 0 bridgehead atoms. The minimum Gasteiger partial charge on any atom is -0.369 e. The Balaban J connectivity index is 1.39. The highest BCUT2D eigenvalue weighted by Crippen LogP contribution is 2.37. The van der Waals surface area contributed by atoms with Crippen LogP contribution >= 0.6 is 11.6 Å². The topological polar surface area (TPSA) is 67.3 Å². The molecule has 1 aliphatic heterocycles. The summed E-state index contributed by atoms with van der Waals surface area (Å²) in [4.78, 5) is 23.0. The van der Waals surface area contributed by atoms with Crippen molar-refractivity contribution < 1.29 is 9.53 Å². The molecule has 1 aromatic rings. The highest BCUT2D eigenvalue weighted by atomic mass is 35.5. The molecular formula is C23H31ClN4O2. The number of hydrogen-bond acceptors (Lipinski definition) is 4. The zero-order valence-corrected chi connectivity index (χ0v) is 18.8. The second kappa shape index (κ2) is 8.67. The zero-order valence-electron chi connectivity index (χ0n) is 18.0. The number of aromatic nitrogens is 2. The van der Waals surface area contributed by atoms with Gasteiger partial charge in [-0.2, -0.15) is 0 Å². The molecule has 6 nitrogen and oxygen atoms in total. The number of nitrogens with one attached hydrogen (secondary N) is 1. The van der Waals surface area contributed by atoms with E-state index in [9.17, 15) is 4.79 Å². The molecule has 0 spiro atoms. The van der Waals surface area contributed by atoms with Gasteiger partial charge < -0.3 is 15.0 Å². The number of amides is 2. The van der Waals surface area contributed by atoms with Gasteiger partial charge in [0.15, 0.2) is 0 Å². The number of likely N-dealkylation sites (tertiary alicyclic amines) is 1. The molecule has 1 aromatic heterocycles. The van der Waals surface area contributed by atoms with Crippen molar-refractivity contribution in [3.63, 3.8) is 0 Å². The highest BCUT2D eigenvalue weighted by molar-refractivity contribution is 6.28. The van der Waals surface area contributed by atoms with Crippen molar-refractivity contribution in [3.05, 3.63) is 46.5 Å². The van der Waals surface area contributed by atoms with Crippen LogP contribution in [0.3, 0.4) is 0 Å². The summed E-state index contributed by atoms with van der Waals surface area (Å²) in [5.41, 5.74) is 3.48. The Morgan fingerprint density at radius 1 is 1.30 bits per heavy atom. The monoisotopic (exact) mass is 430 g/mol. The van der Waals surface area contributed by atoms with Crippen LogP contribution in [0.5, 0.6) is 0 Å². The number of halogens is 1. The Kier molecular flexibility index (Phi) is 6.16. The molecule has 162 valence electrons. The summed E-state index contributed by atoms with van der Waals surface area (Å²) in [7, 11) is 0. The third kappa shape index (κ3) is 5.03. The maximum Gasteiger partial charge on any atom is 0.318 e. The van der Waals surface area contributed by atoms with E-state index in [0.29, 0.717) is 13.1 Å². The Bertz CT molecular complexity index is 855. The van der Waals surface area contributed by atoms with Crippen LogP contribution in [-0.4, -0.2) is 51.7 Å². The first-order valence-electron chi connectivity index (χ1n) is 10.9. The summed E-state index contributed by atoms with van der Waals surface area (Å²) in [6.45, 7) is 7.47. The third-order valence-electron chi connectivity index (χ3n) is 5.96. The van der Waals surface area contributed by atoms with Crippen LogP contribution in [-0.2, 0) is 4.74 Å². The molecule has 2 aliphatic carbocycles. The summed E-state index contributed by atoms with van der Waals surface area (Å²) in [5, 5.41) is 3.57. The van der Waals surface area contributed by atoms with Gasteiger partial charge in [-0.15, -0.1) is 0 Å². The predicted octanol–water partition coefficient (Wildman–Crippen LogP) is 4.62. The lowest BCUT2D eigenvalue weighted by Gasteiger charge is -2.42. The van der Waals surface area contributed by atoms with Crippen molar-refractivity contribution in [1.82, 2.24) is 20.2 Å². The third-order valence-corrected chi connectivity index (χ3v) is 6.14. The van der Waals surface area contributed by atoms with Crippen LogP contribution in [0, 0.1) is 0 Å². The summed E-state index contributed by atoms with van der Waals surface area (Å²) < 4.78 is 5.95. The molecule has 1 N–H and O–H groups in total. The average molecular weight is 431 g/mol. The van der Waals surface area contributed by atoms with Crippen LogP contribution in [0.25, 0.3) is 0 Å². The SMILES string of the molecule is CC(C)(C)OC1CN(C(=O)NC2CCCCC3=C2C=CC(c2ccnc(Cl)n2)C3)C1. The van der Waals surface area contributed by atoms with Gasteiger partial charge in [0, 0.05) is 12.1 Å². The minimum absolute atomic E-state index is 0.0145. The van der Waals surface area contributed by atoms with Crippen LogP contribution in [0.1, 0.15) is 64.5 Å². The van der Waals surface area contributed by atoms with E-state index in [1.165, 1.54) is 11.1 Å². The zero-order chi connectivity index (χ0) is 21.3. The highest BCUT2D eigenvalue weighted by Gasteiger charge is 2.35. The number of nitrogens with zero attached hydrogens (tertiary/aromatic N) is 3. The molecule has 0 saturated carbocycles. The molecule has 7 heteroatoms. The number of rotatable bonds is 3. The second-order valence-electron chi connectivity index (χ2n) is 9.48. The van der Waals surface area contributed by atoms with E-state index in [2.05, 4.69) is 27.4 Å². The number of carbonyl (C=O) groups is 1. The standard InChI is InChI=1S/C23H31ClN4O2/c1-23(2,3)30-17-13-28(14-17)22(29)27-20-7-5-4-6-15-12-16(8-9-18(15)20)19-10-11-25-21(24)26-19/h8-11,16-17,20H,4-7,12-14H2,1-3H3,(H,27,29). The molecule has 30 heavy (non-hydrogen) atoms. The van der Waals surface area contributed by atoms with Gasteiger partial charge in [0.2, 0.25) is 5.28 Å². The quantitative estimate of drug-likeness (QED) is 0.710. The molecular weight excluding hydrogens is 400 g/mol. The molecule has 2 atom stereocenters. The van der Waals surface area contributed by atoms with Crippen molar-refractivity contribution in [2.75, 3.05) is 13.1 Å². The lowest BCUT2D eigenvalue weighted by molar-refractivity contribution is -0.111. The van der Waals surface area contributed by atoms with Crippen LogP contribution in [0.15, 0.2) is 35.6 Å². The van der Waals surface area contributed by atoms with E-state index >= 15 is 0 Å². The van der Waals surface area contributed by atoms with Crippen molar-refractivity contribution in [3.8, 4) is 0 Å². The van der Waals surface area contributed by atoms with Crippen molar-refractivity contribution >= 4 is 17.6 Å². The molecule has 1 fully saturated rings. The average Bonchev–Trinajstić information content (AvgIpc) is 2.85. The first-order valence-corrected chi connectivity index (χ1v) is 11.3. The molecule has 0 radical (unpaired) electrons. The molecule has 3 aliphatic rings. The van der Waals surface area contributed by atoms with Crippen LogP contribution < -0.4 is 5.32 Å². The van der Waals surface area contributed by atoms with Gasteiger partial charge in [-0.1, -0.05) is 24.1 Å². The second-order valence-corrected chi connectivity index (χ2v) is 9.82. The number of hydrogen-bond donors (Lipinski definition) is 1. The summed E-state index contributed by atoms with van der Waals surface area (Å²) in [6, 6.07) is 2.02. The number of urea groups is 1. The summed E-state index contributed by atoms with van der Waals surface area (Å²) in [6.07, 6.45) is 11.5. The van der Waals surface area contributed by atoms with Gasteiger partial charge in [-0.05, 0) is 69.7 Å². The number of ether oxygens (including phenoxy) is 1. The van der Waals surface area contributed by atoms with E-state index in [-0.39, 0.29) is 35.0 Å². The lowest BCUT2D eigenvalue weighted by atomic mass is 9.84. The normalized spacial score (nSPS) is 24.9. The fraction of sp³-hybridized carbons (Fsp3) is 0.609. The maximum atomic E-state index is 12.8. The first-order chi connectivity index (χ1) is 14.3. The van der Waals surface area contributed by atoms with Crippen LogP contribution in [0.2, 0.25) is 5.28 Å². The van der Waals surface area contributed by atoms with Gasteiger partial charge in [0.1, 0.15) is 0 Å². The predicted molar refractivity (Wildman–Crippen MR) is 118 cm³/mol. The van der Waals surface area contributed by atoms with E-state index < -0.39 is 0 Å². The molecule has 2 unspecified atom stereocenters. The van der Waals surface area contributed by atoms with Crippen molar-refractivity contribution in [1.29, 1.82) is 0 Å². The van der Waals surface area contributed by atoms with E-state index in [0.717, 1.165) is 37.8 Å². The summed E-state index contributed by atoms with van der Waals surface area (Å²) >= 11 is 5.98. The molecule has 2 amide bonds. The van der Waals surface area contributed by atoms with E-state index in [4.69, 9.17) is 16.3 Å². The smallest absolute Gasteiger partial charge is 0.318 e. The molecule has 0 aromatic carbocycles. The van der Waals surface area contributed by atoms with Gasteiger partial charge in [0.05, 0.1) is 36.5 Å².